The van der Waals surface area contributed by atoms with E-state index in [1.54, 1.807) is 0 Å². The molecule has 1 N–H and O–H groups in total. The minimum Gasteiger partial charge on any atom is -0.378 e. The van der Waals surface area contributed by atoms with Crippen LogP contribution in [0.5, 0.6) is 0 Å². The topological polar surface area (TPSA) is 21.3 Å². The van der Waals surface area contributed by atoms with Crippen molar-refractivity contribution in [1.29, 1.82) is 0 Å². The first-order valence-electron chi connectivity index (χ1n) is 4.39. The molecule has 0 aromatic carbocycles. The Balaban J connectivity index is 2.13. The van der Waals surface area contributed by atoms with Gasteiger partial charge in [-0.15, -0.1) is 0 Å². The average molecular weight is 155 g/mol. The molecule has 3 aliphatic heterocycles. The lowest BCUT2D eigenvalue weighted by Crippen LogP contribution is -2.76. The van der Waals surface area contributed by atoms with E-state index < -0.39 is 0 Å². The van der Waals surface area contributed by atoms with Crippen LogP contribution >= 0.6 is 0 Å². The van der Waals surface area contributed by atoms with Gasteiger partial charge >= 0.3 is 0 Å². The van der Waals surface area contributed by atoms with Crippen molar-refractivity contribution < 1.29 is 4.74 Å². The first-order valence-corrected chi connectivity index (χ1v) is 4.39. The summed E-state index contributed by atoms with van der Waals surface area (Å²) in [4.78, 5) is 0. The third-order valence-electron chi connectivity index (χ3n) is 3.18. The standard InChI is InChI=1S/C9H17NO/c1-8(2,3)9-4-7(10-9)5-11-6-9/h7,10H,4-6H2,1-3H3. The van der Waals surface area contributed by atoms with E-state index in [1.165, 1.54) is 6.42 Å². The minimum atomic E-state index is 0.288. The molecule has 0 saturated carbocycles. The van der Waals surface area contributed by atoms with Gasteiger partial charge in [-0.05, 0) is 11.8 Å². The fourth-order valence-electron chi connectivity index (χ4n) is 2.11. The van der Waals surface area contributed by atoms with Crippen molar-refractivity contribution in [2.75, 3.05) is 13.2 Å². The number of morpholine rings is 1. The Labute approximate surface area is 68.3 Å². The van der Waals surface area contributed by atoms with Crippen LogP contribution in [-0.4, -0.2) is 24.8 Å². The fourth-order valence-corrected chi connectivity index (χ4v) is 2.11. The molecule has 3 aliphatic rings. The monoisotopic (exact) mass is 155 g/mol. The second kappa shape index (κ2) is 1.99. The van der Waals surface area contributed by atoms with Crippen LogP contribution < -0.4 is 5.32 Å². The van der Waals surface area contributed by atoms with Gasteiger partial charge in [0.05, 0.1) is 13.2 Å². The molecule has 0 radical (unpaired) electrons. The molecule has 64 valence electrons. The number of fused-ring (bicyclic) bond motifs is 2. The molecular formula is C9H17NO. The van der Waals surface area contributed by atoms with Crippen molar-refractivity contribution in [3.8, 4) is 0 Å². The van der Waals surface area contributed by atoms with E-state index in [-0.39, 0.29) is 5.54 Å². The van der Waals surface area contributed by atoms with Crippen molar-refractivity contribution in [3.05, 3.63) is 0 Å². The lowest BCUT2D eigenvalue weighted by Gasteiger charge is -2.60. The lowest BCUT2D eigenvalue weighted by molar-refractivity contribution is -0.124. The summed E-state index contributed by atoms with van der Waals surface area (Å²) < 4.78 is 5.50. The Kier molecular flexibility index (Phi) is 1.37. The maximum absolute atomic E-state index is 5.50. The number of hydrogen-bond donors (Lipinski definition) is 1. The van der Waals surface area contributed by atoms with Gasteiger partial charge in [0.15, 0.2) is 0 Å². The molecule has 0 aliphatic carbocycles. The summed E-state index contributed by atoms with van der Waals surface area (Å²) in [5.41, 5.74) is 0.625. The Morgan fingerprint density at radius 3 is 2.36 bits per heavy atom. The highest BCUT2D eigenvalue weighted by Crippen LogP contribution is 2.43. The van der Waals surface area contributed by atoms with Gasteiger partial charge in [-0.1, -0.05) is 20.8 Å². The van der Waals surface area contributed by atoms with E-state index in [2.05, 4.69) is 26.1 Å². The maximum atomic E-state index is 5.50. The zero-order valence-corrected chi connectivity index (χ0v) is 7.61. The molecule has 3 saturated heterocycles. The Morgan fingerprint density at radius 2 is 2.09 bits per heavy atom. The van der Waals surface area contributed by atoms with E-state index in [0.29, 0.717) is 11.5 Å². The molecule has 3 rings (SSSR count). The number of ether oxygens (including phenoxy) is 1. The molecule has 2 heteroatoms. The van der Waals surface area contributed by atoms with Crippen LogP contribution in [0.3, 0.4) is 0 Å². The second-order valence-corrected chi connectivity index (χ2v) is 4.89. The lowest BCUT2D eigenvalue weighted by atomic mass is 9.64. The summed E-state index contributed by atoms with van der Waals surface area (Å²) in [6, 6.07) is 0.642. The zero-order chi connectivity index (χ0) is 8.11. The van der Waals surface area contributed by atoms with Crippen LogP contribution in [0.1, 0.15) is 27.2 Å². The number of hydrogen-bond acceptors (Lipinski definition) is 2. The van der Waals surface area contributed by atoms with Gasteiger partial charge in [0, 0.05) is 11.6 Å². The van der Waals surface area contributed by atoms with E-state index in [9.17, 15) is 0 Å². The molecule has 3 fully saturated rings. The van der Waals surface area contributed by atoms with Crippen LogP contribution in [0, 0.1) is 5.41 Å². The highest BCUT2D eigenvalue weighted by molar-refractivity contribution is 5.12. The van der Waals surface area contributed by atoms with E-state index in [1.807, 2.05) is 0 Å². The summed E-state index contributed by atoms with van der Waals surface area (Å²) in [5, 5.41) is 3.61. The number of nitrogens with one attached hydrogen (secondary N) is 1. The van der Waals surface area contributed by atoms with Gasteiger partial charge in [0.2, 0.25) is 0 Å². The molecule has 2 bridgehead atoms. The normalized spacial score (nSPS) is 43.4. The highest BCUT2D eigenvalue weighted by atomic mass is 16.5. The van der Waals surface area contributed by atoms with Crippen LogP contribution in [0.15, 0.2) is 0 Å². The third-order valence-corrected chi connectivity index (χ3v) is 3.18. The predicted octanol–water partition coefficient (Wildman–Crippen LogP) is 1.16. The van der Waals surface area contributed by atoms with Crippen molar-refractivity contribution in [1.82, 2.24) is 5.32 Å². The fraction of sp³-hybridized carbons (Fsp3) is 1.00. The van der Waals surface area contributed by atoms with Gasteiger partial charge in [-0.2, -0.15) is 0 Å². The van der Waals surface area contributed by atoms with Crippen molar-refractivity contribution in [3.63, 3.8) is 0 Å². The van der Waals surface area contributed by atoms with E-state index in [4.69, 9.17) is 4.74 Å². The molecule has 0 spiro atoms. The van der Waals surface area contributed by atoms with Gasteiger partial charge in [-0.25, -0.2) is 0 Å². The van der Waals surface area contributed by atoms with Crippen molar-refractivity contribution in [2.24, 2.45) is 5.41 Å². The summed E-state index contributed by atoms with van der Waals surface area (Å²) in [5.74, 6) is 0. The highest BCUT2D eigenvalue weighted by Gasteiger charge is 2.54. The predicted molar refractivity (Wildman–Crippen MR) is 44.5 cm³/mol. The summed E-state index contributed by atoms with van der Waals surface area (Å²) in [6.07, 6.45) is 1.30. The molecule has 3 heterocycles. The van der Waals surface area contributed by atoms with E-state index >= 15 is 0 Å². The molecule has 2 unspecified atom stereocenters. The molecule has 2 nitrogen and oxygen atoms in total. The zero-order valence-electron chi connectivity index (χ0n) is 7.61. The molecule has 0 amide bonds. The van der Waals surface area contributed by atoms with Crippen LogP contribution in [0.4, 0.5) is 0 Å². The van der Waals surface area contributed by atoms with Crippen LogP contribution in [-0.2, 0) is 4.74 Å². The Hall–Kier alpha value is -0.0800. The van der Waals surface area contributed by atoms with Gasteiger partial charge < -0.3 is 10.1 Å². The Bertz CT molecular complexity index is 159. The summed E-state index contributed by atoms with van der Waals surface area (Å²) >= 11 is 0. The van der Waals surface area contributed by atoms with Gasteiger partial charge in [-0.3, -0.25) is 0 Å². The molecule has 2 atom stereocenters. The van der Waals surface area contributed by atoms with Crippen molar-refractivity contribution in [2.45, 2.75) is 38.8 Å². The average Bonchev–Trinajstić information content (AvgIpc) is 1.85. The SMILES string of the molecule is CC(C)(C)C12COCC(C1)N2. The molecule has 0 aromatic heterocycles. The maximum Gasteiger partial charge on any atom is 0.0654 e. The first kappa shape index (κ1) is 7.56. The molecule has 0 aromatic rings. The quantitative estimate of drug-likeness (QED) is 0.567. The smallest absolute Gasteiger partial charge is 0.0654 e. The third kappa shape index (κ3) is 0.926. The first-order chi connectivity index (χ1) is 5.04. The number of rotatable bonds is 0. The van der Waals surface area contributed by atoms with E-state index in [0.717, 1.165) is 13.2 Å². The largest absolute Gasteiger partial charge is 0.378 e. The van der Waals surface area contributed by atoms with Crippen molar-refractivity contribution >= 4 is 0 Å². The minimum absolute atomic E-state index is 0.288. The molecule has 11 heavy (non-hydrogen) atoms. The van der Waals surface area contributed by atoms with Gasteiger partial charge in [0.25, 0.3) is 0 Å². The molecular weight excluding hydrogens is 138 g/mol. The van der Waals surface area contributed by atoms with Crippen LogP contribution in [0.2, 0.25) is 0 Å². The summed E-state index contributed by atoms with van der Waals surface area (Å²) in [6.45, 7) is 8.66. The Morgan fingerprint density at radius 1 is 1.45 bits per heavy atom. The van der Waals surface area contributed by atoms with Gasteiger partial charge in [0.1, 0.15) is 0 Å². The summed E-state index contributed by atoms with van der Waals surface area (Å²) in [7, 11) is 0. The van der Waals surface area contributed by atoms with Crippen LogP contribution in [0.25, 0.3) is 0 Å². The second-order valence-electron chi connectivity index (χ2n) is 4.89.